The lowest BCUT2D eigenvalue weighted by Crippen LogP contribution is -2.31. The number of anilines is 2. The van der Waals surface area contributed by atoms with Crippen LogP contribution in [0.1, 0.15) is 0 Å². The topological polar surface area (TPSA) is 55.6 Å². The molecule has 0 saturated carbocycles. The highest BCUT2D eigenvalue weighted by molar-refractivity contribution is 5.94. The van der Waals surface area contributed by atoms with Gasteiger partial charge in [0.15, 0.2) is 6.61 Å². The lowest BCUT2D eigenvalue weighted by Gasteiger charge is -2.17. The molecule has 0 aliphatic carbocycles. The monoisotopic (exact) mass is 274 g/mol. The molecule has 0 heterocycles. The van der Waals surface area contributed by atoms with E-state index >= 15 is 0 Å². The molecule has 0 spiro atoms. The number of rotatable bonds is 4. The Morgan fingerprint density at radius 2 is 1.95 bits per heavy atom. The number of hydrogen-bond donors (Lipinski definition) is 1. The maximum atomic E-state index is 13.0. The molecule has 5 heteroatoms. The summed E-state index contributed by atoms with van der Waals surface area (Å²) in [5.41, 5.74) is 6.93. The van der Waals surface area contributed by atoms with Crippen molar-refractivity contribution in [2.75, 3.05) is 24.3 Å². The number of benzene rings is 2. The molecule has 104 valence electrons. The first-order valence-electron chi connectivity index (χ1n) is 6.07. The van der Waals surface area contributed by atoms with Crippen molar-refractivity contribution in [2.24, 2.45) is 0 Å². The van der Waals surface area contributed by atoms with Gasteiger partial charge in [-0.1, -0.05) is 6.07 Å². The number of amides is 1. The third kappa shape index (κ3) is 3.47. The van der Waals surface area contributed by atoms with Crippen molar-refractivity contribution in [1.82, 2.24) is 0 Å². The van der Waals surface area contributed by atoms with Crippen molar-refractivity contribution in [3.8, 4) is 5.75 Å². The van der Waals surface area contributed by atoms with E-state index in [1.54, 1.807) is 37.4 Å². The van der Waals surface area contributed by atoms with Gasteiger partial charge in [-0.15, -0.1) is 0 Å². The molecule has 0 atom stereocenters. The van der Waals surface area contributed by atoms with Gasteiger partial charge in [-0.05, 0) is 36.4 Å². The molecule has 0 radical (unpaired) electrons. The fourth-order valence-corrected chi connectivity index (χ4v) is 1.64. The zero-order valence-electron chi connectivity index (χ0n) is 11.0. The summed E-state index contributed by atoms with van der Waals surface area (Å²) in [6, 6.07) is 12.6. The second-order valence-corrected chi connectivity index (χ2v) is 4.29. The van der Waals surface area contributed by atoms with Crippen molar-refractivity contribution in [3.05, 3.63) is 54.3 Å². The van der Waals surface area contributed by atoms with Crippen LogP contribution in [0, 0.1) is 5.82 Å². The highest BCUT2D eigenvalue weighted by Crippen LogP contribution is 2.16. The second-order valence-electron chi connectivity index (χ2n) is 4.29. The molecule has 2 rings (SSSR count). The summed E-state index contributed by atoms with van der Waals surface area (Å²) in [6.07, 6.45) is 0. The van der Waals surface area contributed by atoms with Gasteiger partial charge in [-0.3, -0.25) is 4.79 Å². The van der Waals surface area contributed by atoms with Crippen LogP contribution in [0.25, 0.3) is 0 Å². The second kappa shape index (κ2) is 6.06. The van der Waals surface area contributed by atoms with E-state index in [1.165, 1.54) is 23.1 Å². The maximum absolute atomic E-state index is 13.0. The first kappa shape index (κ1) is 13.9. The van der Waals surface area contributed by atoms with Crippen LogP contribution >= 0.6 is 0 Å². The third-order valence-electron chi connectivity index (χ3n) is 2.81. The van der Waals surface area contributed by atoms with Crippen LogP contribution in [0.15, 0.2) is 48.5 Å². The number of halogens is 1. The Hall–Kier alpha value is -2.56. The summed E-state index contributed by atoms with van der Waals surface area (Å²) in [5, 5.41) is 0. The Kier molecular flexibility index (Phi) is 4.20. The van der Waals surface area contributed by atoms with Gasteiger partial charge in [0.25, 0.3) is 5.91 Å². The average molecular weight is 274 g/mol. The van der Waals surface area contributed by atoms with Gasteiger partial charge in [0.05, 0.1) is 0 Å². The molecule has 0 aromatic heterocycles. The Labute approximate surface area is 116 Å². The minimum absolute atomic E-state index is 0.162. The lowest BCUT2D eigenvalue weighted by molar-refractivity contribution is -0.120. The Morgan fingerprint density at radius 1 is 1.25 bits per heavy atom. The Bertz CT molecular complexity index is 599. The number of nitrogens with two attached hydrogens (primary N) is 1. The van der Waals surface area contributed by atoms with Crippen molar-refractivity contribution in [2.45, 2.75) is 0 Å². The van der Waals surface area contributed by atoms with Crippen LogP contribution in [-0.2, 0) is 4.79 Å². The number of carbonyl (C=O) groups is 1. The van der Waals surface area contributed by atoms with Crippen LogP contribution in [0.5, 0.6) is 5.75 Å². The van der Waals surface area contributed by atoms with Crippen molar-refractivity contribution >= 4 is 17.3 Å². The fraction of sp³-hybridized carbons (Fsp3) is 0.133. The number of nitrogen functional groups attached to an aromatic ring is 1. The molecule has 0 saturated heterocycles. The average Bonchev–Trinajstić information content (AvgIpc) is 2.45. The lowest BCUT2D eigenvalue weighted by atomic mass is 10.2. The highest BCUT2D eigenvalue weighted by Gasteiger charge is 2.11. The van der Waals surface area contributed by atoms with Gasteiger partial charge < -0.3 is 15.4 Å². The minimum atomic E-state index is -0.401. The van der Waals surface area contributed by atoms with Gasteiger partial charge in [-0.2, -0.15) is 0 Å². The Balaban J connectivity index is 1.96. The molecule has 2 aromatic carbocycles. The van der Waals surface area contributed by atoms with E-state index in [4.69, 9.17) is 10.5 Å². The number of ether oxygens (including phenoxy) is 1. The number of nitrogens with zero attached hydrogens (tertiary/aromatic N) is 1. The Morgan fingerprint density at radius 3 is 2.60 bits per heavy atom. The first-order chi connectivity index (χ1) is 9.56. The minimum Gasteiger partial charge on any atom is -0.484 e. The zero-order chi connectivity index (χ0) is 14.5. The number of carbonyl (C=O) groups excluding carboxylic acids is 1. The fourth-order valence-electron chi connectivity index (χ4n) is 1.64. The first-order valence-corrected chi connectivity index (χ1v) is 6.07. The molecule has 0 aliphatic rings. The molecule has 0 bridgehead atoms. The molecule has 2 aromatic rings. The molecular weight excluding hydrogens is 259 g/mol. The van der Waals surface area contributed by atoms with E-state index in [2.05, 4.69) is 0 Å². The maximum Gasteiger partial charge on any atom is 0.264 e. The van der Waals surface area contributed by atoms with Crippen LogP contribution < -0.4 is 15.4 Å². The van der Waals surface area contributed by atoms with Gasteiger partial charge in [0.2, 0.25) is 0 Å². The summed E-state index contributed by atoms with van der Waals surface area (Å²) in [4.78, 5) is 13.4. The molecule has 0 unspecified atom stereocenters. The number of hydrogen-bond acceptors (Lipinski definition) is 3. The summed E-state index contributed by atoms with van der Waals surface area (Å²) < 4.78 is 18.2. The summed E-state index contributed by atoms with van der Waals surface area (Å²) >= 11 is 0. The van der Waals surface area contributed by atoms with Crippen LogP contribution in [0.2, 0.25) is 0 Å². The van der Waals surface area contributed by atoms with Crippen molar-refractivity contribution < 1.29 is 13.9 Å². The van der Waals surface area contributed by atoms with Gasteiger partial charge in [0.1, 0.15) is 11.6 Å². The number of likely N-dealkylation sites (N-methyl/N-ethyl adjacent to an activating group) is 1. The molecule has 2 N–H and O–H groups in total. The predicted molar refractivity (Wildman–Crippen MR) is 76.2 cm³/mol. The quantitative estimate of drug-likeness (QED) is 0.871. The van der Waals surface area contributed by atoms with Gasteiger partial charge in [-0.25, -0.2) is 4.39 Å². The summed E-state index contributed by atoms with van der Waals surface area (Å²) in [7, 11) is 1.64. The van der Waals surface area contributed by atoms with Crippen LogP contribution in [-0.4, -0.2) is 19.6 Å². The predicted octanol–water partition coefficient (Wildman–Crippen LogP) is 2.45. The van der Waals surface area contributed by atoms with Crippen LogP contribution in [0.3, 0.4) is 0 Å². The molecule has 0 aliphatic heterocycles. The van der Waals surface area contributed by atoms with Gasteiger partial charge in [0, 0.05) is 24.5 Å². The van der Waals surface area contributed by atoms with Crippen molar-refractivity contribution in [1.29, 1.82) is 0 Å². The molecular formula is C15H15FN2O2. The largest absolute Gasteiger partial charge is 0.484 e. The van der Waals surface area contributed by atoms with E-state index in [0.717, 1.165) is 0 Å². The van der Waals surface area contributed by atoms with E-state index in [1.807, 2.05) is 0 Å². The van der Waals surface area contributed by atoms with Gasteiger partial charge >= 0.3 is 0 Å². The summed E-state index contributed by atoms with van der Waals surface area (Å²) in [5.74, 6) is -0.315. The normalized spacial score (nSPS) is 10.1. The molecule has 20 heavy (non-hydrogen) atoms. The van der Waals surface area contributed by atoms with E-state index in [0.29, 0.717) is 17.1 Å². The van der Waals surface area contributed by atoms with E-state index in [-0.39, 0.29) is 12.5 Å². The molecule has 4 nitrogen and oxygen atoms in total. The highest BCUT2D eigenvalue weighted by atomic mass is 19.1. The van der Waals surface area contributed by atoms with E-state index in [9.17, 15) is 9.18 Å². The standard InChI is InChI=1S/C15H15FN2O2/c1-18(13-7-5-12(17)6-8-13)15(19)10-20-14-4-2-3-11(16)9-14/h2-9H,10,17H2,1H3. The smallest absolute Gasteiger partial charge is 0.264 e. The van der Waals surface area contributed by atoms with E-state index < -0.39 is 5.82 Å². The molecule has 0 fully saturated rings. The SMILES string of the molecule is CN(C(=O)COc1cccc(F)c1)c1ccc(N)cc1. The third-order valence-corrected chi connectivity index (χ3v) is 2.81. The molecule has 1 amide bonds. The van der Waals surface area contributed by atoms with Crippen molar-refractivity contribution in [3.63, 3.8) is 0 Å². The summed E-state index contributed by atoms with van der Waals surface area (Å²) in [6.45, 7) is -0.162. The zero-order valence-corrected chi connectivity index (χ0v) is 11.0. The van der Waals surface area contributed by atoms with Crippen LogP contribution in [0.4, 0.5) is 15.8 Å².